The average Bonchev–Trinajstić information content (AvgIpc) is 3.55. The van der Waals surface area contributed by atoms with Gasteiger partial charge in [0, 0.05) is 34.9 Å². The predicted molar refractivity (Wildman–Crippen MR) is 164 cm³/mol. The summed E-state index contributed by atoms with van der Waals surface area (Å²) in [7, 11) is 0. The van der Waals surface area contributed by atoms with Crippen LogP contribution in [-0.2, 0) is 22.4 Å². The first-order chi connectivity index (χ1) is 19.9. The summed E-state index contributed by atoms with van der Waals surface area (Å²) >= 11 is 0. The lowest BCUT2D eigenvalue weighted by atomic mass is 9.86. The second kappa shape index (κ2) is 11.2. The maximum absolute atomic E-state index is 13.4. The molecule has 2 aliphatic rings. The molecule has 6 nitrogen and oxygen atoms in total. The Hall–Kier alpha value is -4.45. The highest BCUT2D eigenvalue weighted by molar-refractivity contribution is 6.09. The number of nitrogens with one attached hydrogen (secondary N) is 1. The first-order valence-electron chi connectivity index (χ1n) is 14.5. The van der Waals surface area contributed by atoms with Gasteiger partial charge in [0.2, 0.25) is 5.91 Å². The molecule has 0 atom stereocenters. The van der Waals surface area contributed by atoms with E-state index in [2.05, 4.69) is 67.1 Å². The van der Waals surface area contributed by atoms with E-state index in [1.54, 1.807) is 0 Å². The van der Waals surface area contributed by atoms with Gasteiger partial charge in [0.05, 0.1) is 12.1 Å². The van der Waals surface area contributed by atoms with Crippen LogP contribution in [0.15, 0.2) is 78.4 Å². The van der Waals surface area contributed by atoms with Crippen molar-refractivity contribution in [2.24, 2.45) is 0 Å². The van der Waals surface area contributed by atoms with Gasteiger partial charge >= 0.3 is 0 Å². The highest BCUT2D eigenvalue weighted by Gasteiger charge is 2.26. The molecule has 208 valence electrons. The van der Waals surface area contributed by atoms with Crippen molar-refractivity contribution < 1.29 is 9.59 Å². The highest BCUT2D eigenvalue weighted by Crippen LogP contribution is 2.35. The van der Waals surface area contributed by atoms with E-state index in [-0.39, 0.29) is 18.2 Å². The van der Waals surface area contributed by atoms with E-state index in [9.17, 15) is 9.59 Å². The van der Waals surface area contributed by atoms with Gasteiger partial charge in [0.25, 0.3) is 5.91 Å². The van der Waals surface area contributed by atoms with Crippen LogP contribution in [0.2, 0.25) is 0 Å². The molecule has 0 spiro atoms. The summed E-state index contributed by atoms with van der Waals surface area (Å²) < 4.78 is 2.10. The van der Waals surface area contributed by atoms with Crippen molar-refractivity contribution in [3.05, 3.63) is 112 Å². The molecule has 2 aromatic heterocycles. The van der Waals surface area contributed by atoms with Crippen LogP contribution in [0.3, 0.4) is 0 Å². The van der Waals surface area contributed by atoms with Gasteiger partial charge < -0.3 is 14.8 Å². The van der Waals surface area contributed by atoms with Gasteiger partial charge in [0.1, 0.15) is 5.82 Å². The second-order valence-corrected chi connectivity index (χ2v) is 11.2. The Labute approximate surface area is 241 Å². The molecule has 1 aliphatic heterocycles. The van der Waals surface area contributed by atoms with Crippen molar-refractivity contribution in [2.75, 3.05) is 16.8 Å². The number of hydrogen-bond donors (Lipinski definition) is 1. The van der Waals surface area contributed by atoms with Gasteiger partial charge in [-0.05, 0) is 112 Å². The van der Waals surface area contributed by atoms with Crippen LogP contribution in [0.1, 0.15) is 59.5 Å². The summed E-state index contributed by atoms with van der Waals surface area (Å²) in [5.41, 5.74) is 10.1. The van der Waals surface area contributed by atoms with Gasteiger partial charge in [-0.3, -0.25) is 9.59 Å². The Kier molecular flexibility index (Phi) is 7.31. The maximum Gasteiger partial charge on any atom is 0.251 e. The molecule has 41 heavy (non-hydrogen) atoms. The normalized spacial score (nSPS) is 14.8. The van der Waals surface area contributed by atoms with Crippen LogP contribution >= 0.6 is 0 Å². The lowest BCUT2D eigenvalue weighted by Gasteiger charge is -2.21. The van der Waals surface area contributed by atoms with Crippen molar-refractivity contribution in [3.63, 3.8) is 0 Å². The molecule has 0 unspecified atom stereocenters. The SMILES string of the molecule is Cc1ccc(C2=C(C(=O)Nc3ccc4c(c3)CCN4C(=O)Cc3cccc(-n4c(C)ccc4C)n3)CCCC2)cc1. The van der Waals surface area contributed by atoms with Crippen LogP contribution in [0.25, 0.3) is 11.4 Å². The number of rotatable bonds is 6. The molecule has 1 N–H and O–H groups in total. The molecule has 1 aliphatic carbocycles. The third-order valence-electron chi connectivity index (χ3n) is 8.30. The minimum Gasteiger partial charge on any atom is -0.322 e. The smallest absolute Gasteiger partial charge is 0.251 e. The number of aromatic nitrogens is 2. The summed E-state index contributed by atoms with van der Waals surface area (Å²) in [5, 5.41) is 3.15. The zero-order chi connectivity index (χ0) is 28.5. The minimum atomic E-state index is -0.0229. The number of benzene rings is 2. The van der Waals surface area contributed by atoms with Crippen molar-refractivity contribution in [2.45, 2.75) is 59.3 Å². The zero-order valence-electron chi connectivity index (χ0n) is 24.0. The first-order valence-corrected chi connectivity index (χ1v) is 14.5. The van der Waals surface area contributed by atoms with Gasteiger partial charge in [0.15, 0.2) is 0 Å². The minimum absolute atomic E-state index is 0.0229. The number of fused-ring (bicyclic) bond motifs is 1. The van der Waals surface area contributed by atoms with Crippen molar-refractivity contribution in [3.8, 4) is 5.82 Å². The Bertz CT molecular complexity index is 1640. The Morgan fingerprint density at radius 3 is 2.39 bits per heavy atom. The van der Waals surface area contributed by atoms with Crippen molar-refractivity contribution >= 4 is 28.8 Å². The third-order valence-corrected chi connectivity index (χ3v) is 8.30. The summed E-state index contributed by atoms with van der Waals surface area (Å²) in [6.45, 7) is 6.82. The monoisotopic (exact) mass is 544 g/mol. The molecule has 0 saturated heterocycles. The quantitative estimate of drug-likeness (QED) is 0.287. The molecule has 6 heteroatoms. The van der Waals surface area contributed by atoms with Gasteiger partial charge in [-0.1, -0.05) is 35.9 Å². The van der Waals surface area contributed by atoms with E-state index >= 15 is 0 Å². The fourth-order valence-electron chi connectivity index (χ4n) is 6.14. The highest BCUT2D eigenvalue weighted by atomic mass is 16.2. The Morgan fingerprint density at radius 1 is 0.854 bits per heavy atom. The number of anilines is 2. The van der Waals surface area contributed by atoms with Crippen LogP contribution in [0.5, 0.6) is 0 Å². The Morgan fingerprint density at radius 2 is 1.61 bits per heavy atom. The molecule has 2 amide bonds. The molecule has 0 radical (unpaired) electrons. The molecule has 6 rings (SSSR count). The number of hydrogen-bond acceptors (Lipinski definition) is 3. The topological polar surface area (TPSA) is 67.2 Å². The fraction of sp³-hybridized carbons (Fsp3) is 0.286. The summed E-state index contributed by atoms with van der Waals surface area (Å²) in [4.78, 5) is 33.4. The largest absolute Gasteiger partial charge is 0.322 e. The lowest BCUT2D eigenvalue weighted by Crippen LogP contribution is -2.30. The summed E-state index contributed by atoms with van der Waals surface area (Å²) in [6.07, 6.45) is 4.85. The number of allylic oxidation sites excluding steroid dienone is 1. The molecule has 2 aromatic carbocycles. The van der Waals surface area contributed by atoms with Gasteiger partial charge in [-0.15, -0.1) is 0 Å². The predicted octanol–water partition coefficient (Wildman–Crippen LogP) is 6.90. The molecule has 0 saturated carbocycles. The van der Waals surface area contributed by atoms with E-state index < -0.39 is 0 Å². The van der Waals surface area contributed by atoms with E-state index in [0.717, 1.165) is 88.7 Å². The van der Waals surface area contributed by atoms with Crippen molar-refractivity contribution in [1.82, 2.24) is 9.55 Å². The summed E-state index contributed by atoms with van der Waals surface area (Å²) in [6, 6.07) is 24.3. The standard InChI is InChI=1S/C35H36N4O2/c1-23-11-15-26(16-12-23)30-8-4-5-9-31(30)35(41)37-29-17-18-32-27(21-29)19-20-38(32)34(40)22-28-7-6-10-33(36-28)39-24(2)13-14-25(39)3/h6-7,10-18,21H,4-5,8-9,19-20,22H2,1-3H3,(H,37,41). The van der Waals surface area contributed by atoms with E-state index in [1.807, 2.05) is 41.3 Å². The number of carbonyl (C=O) groups is 2. The maximum atomic E-state index is 13.4. The van der Waals surface area contributed by atoms with E-state index in [0.29, 0.717) is 6.54 Å². The average molecular weight is 545 g/mol. The van der Waals surface area contributed by atoms with Gasteiger partial charge in [-0.25, -0.2) is 4.98 Å². The lowest BCUT2D eigenvalue weighted by molar-refractivity contribution is -0.118. The number of carbonyl (C=O) groups excluding carboxylic acids is 2. The molecule has 3 heterocycles. The Balaban J connectivity index is 1.16. The summed E-state index contributed by atoms with van der Waals surface area (Å²) in [5.74, 6) is 0.836. The first kappa shape index (κ1) is 26.8. The molecule has 4 aromatic rings. The zero-order valence-corrected chi connectivity index (χ0v) is 24.0. The second-order valence-electron chi connectivity index (χ2n) is 11.2. The third kappa shape index (κ3) is 5.47. The molecular formula is C35H36N4O2. The van der Waals surface area contributed by atoms with Crippen LogP contribution in [0, 0.1) is 20.8 Å². The number of amides is 2. The van der Waals surface area contributed by atoms with Crippen LogP contribution in [-0.4, -0.2) is 27.9 Å². The van der Waals surface area contributed by atoms with Gasteiger partial charge in [-0.2, -0.15) is 0 Å². The molecular weight excluding hydrogens is 508 g/mol. The number of nitrogens with zero attached hydrogens (tertiary/aromatic N) is 3. The number of pyridine rings is 1. The fourth-order valence-corrected chi connectivity index (χ4v) is 6.14. The molecule has 0 fully saturated rings. The van der Waals surface area contributed by atoms with Crippen LogP contribution < -0.4 is 10.2 Å². The van der Waals surface area contributed by atoms with E-state index in [1.165, 1.54) is 5.56 Å². The van der Waals surface area contributed by atoms with E-state index in [4.69, 9.17) is 4.98 Å². The molecule has 0 bridgehead atoms. The van der Waals surface area contributed by atoms with Crippen molar-refractivity contribution in [1.29, 1.82) is 0 Å². The number of aryl methyl sites for hydroxylation is 3. The van der Waals surface area contributed by atoms with Crippen LogP contribution in [0.4, 0.5) is 11.4 Å².